The Kier molecular flexibility index (Phi) is 10.9. The number of carbonyl (C=O) groups excluding carboxylic acids is 3. The molecular weight excluding hydrogens is 550 g/mol. The number of nitrogens with two attached hydrogens (primary N) is 2. The van der Waals surface area contributed by atoms with Crippen LogP contribution in [0.4, 0.5) is 10.6 Å². The monoisotopic (exact) mass is 595 g/mol. The van der Waals surface area contributed by atoms with E-state index in [0.29, 0.717) is 44.0 Å². The predicted molar refractivity (Wildman–Crippen MR) is 165 cm³/mol. The van der Waals surface area contributed by atoms with Gasteiger partial charge in [0.05, 0.1) is 11.7 Å². The quantitative estimate of drug-likeness (QED) is 0.330. The Hall–Kier alpha value is -3.81. The van der Waals surface area contributed by atoms with Gasteiger partial charge in [-0.05, 0) is 69.8 Å². The molecule has 43 heavy (non-hydrogen) atoms. The highest BCUT2D eigenvalue weighted by Gasteiger charge is 2.28. The number of nitrogens with one attached hydrogen (secondary N) is 2. The van der Waals surface area contributed by atoms with Gasteiger partial charge in [0.2, 0.25) is 11.8 Å². The number of nitrogens with zero attached hydrogens (tertiary/aromatic N) is 5. The largest absolute Gasteiger partial charge is 0.354 e. The Morgan fingerprint density at radius 1 is 1.00 bits per heavy atom. The summed E-state index contributed by atoms with van der Waals surface area (Å²) in [4.78, 5) is 59.8. The highest BCUT2D eigenvalue weighted by Crippen LogP contribution is 2.24. The highest BCUT2D eigenvalue weighted by atomic mass is 16.2. The fourth-order valence-electron chi connectivity index (χ4n) is 5.63. The van der Waals surface area contributed by atoms with Crippen molar-refractivity contribution < 1.29 is 14.4 Å². The fourth-order valence-corrected chi connectivity index (χ4v) is 5.63. The number of hydrogen-bond donors (Lipinski definition) is 4. The molecule has 2 aliphatic rings. The molecule has 1 saturated carbocycles. The highest BCUT2D eigenvalue weighted by molar-refractivity contribution is 5.90. The van der Waals surface area contributed by atoms with Crippen LogP contribution < -0.4 is 27.8 Å². The smallest absolute Gasteiger partial charge is 0.343 e. The summed E-state index contributed by atoms with van der Waals surface area (Å²) in [6, 6.07) is 8.52. The van der Waals surface area contributed by atoms with Crippen LogP contribution in [0.3, 0.4) is 0 Å². The first-order valence-corrected chi connectivity index (χ1v) is 15.1. The molecule has 1 aliphatic carbocycles. The molecule has 13 heteroatoms. The van der Waals surface area contributed by atoms with Gasteiger partial charge in [0.1, 0.15) is 11.9 Å². The number of aromatic nitrogens is 2. The third-order valence-corrected chi connectivity index (χ3v) is 8.32. The maximum atomic E-state index is 12.8. The van der Waals surface area contributed by atoms with Crippen LogP contribution in [-0.4, -0.2) is 99.0 Å². The minimum Gasteiger partial charge on any atom is -0.343 e. The van der Waals surface area contributed by atoms with Crippen molar-refractivity contribution in [2.45, 2.75) is 77.2 Å². The molecule has 234 valence electrons. The van der Waals surface area contributed by atoms with Gasteiger partial charge >= 0.3 is 11.7 Å². The SMILES string of the molecule is CCN(Cc1ccc(-n2ccc(NC(=O)N3CCN(C(=O)[C@@H](C)NC(=O)[C@@H](C)N)CC3)nc2=O)cc1)C1CCC(N)CC1. The van der Waals surface area contributed by atoms with E-state index in [1.807, 2.05) is 24.3 Å². The summed E-state index contributed by atoms with van der Waals surface area (Å²) in [6.07, 6.45) is 5.99. The second-order valence-electron chi connectivity index (χ2n) is 11.5. The third-order valence-electron chi connectivity index (χ3n) is 8.32. The van der Waals surface area contributed by atoms with Gasteiger partial charge < -0.3 is 26.6 Å². The number of rotatable bonds is 9. The number of amides is 4. The average Bonchev–Trinajstić information content (AvgIpc) is 3.00. The van der Waals surface area contributed by atoms with Crippen molar-refractivity contribution in [3.05, 3.63) is 52.6 Å². The van der Waals surface area contributed by atoms with Crippen LogP contribution in [0.1, 0.15) is 52.0 Å². The summed E-state index contributed by atoms with van der Waals surface area (Å²) in [6.45, 7) is 8.41. The van der Waals surface area contributed by atoms with E-state index < -0.39 is 29.7 Å². The summed E-state index contributed by atoms with van der Waals surface area (Å²) in [5.41, 5.74) is 13.0. The Morgan fingerprint density at radius 2 is 1.63 bits per heavy atom. The first-order valence-electron chi connectivity index (χ1n) is 15.1. The Morgan fingerprint density at radius 3 is 2.21 bits per heavy atom. The maximum Gasteiger partial charge on any atom is 0.354 e. The molecule has 13 nitrogen and oxygen atoms in total. The van der Waals surface area contributed by atoms with Crippen molar-refractivity contribution in [3.63, 3.8) is 0 Å². The van der Waals surface area contributed by atoms with Crippen LogP contribution in [0.5, 0.6) is 0 Å². The first-order chi connectivity index (χ1) is 20.5. The van der Waals surface area contributed by atoms with Crippen LogP contribution in [0.2, 0.25) is 0 Å². The summed E-state index contributed by atoms with van der Waals surface area (Å²) in [7, 11) is 0. The normalized spacial score (nSPS) is 20.4. The molecule has 4 rings (SSSR count). The lowest BCUT2D eigenvalue weighted by molar-refractivity contribution is -0.137. The summed E-state index contributed by atoms with van der Waals surface area (Å²) in [5, 5.41) is 5.28. The van der Waals surface area contributed by atoms with Gasteiger partial charge in [-0.25, -0.2) is 9.59 Å². The van der Waals surface area contributed by atoms with E-state index >= 15 is 0 Å². The zero-order valence-corrected chi connectivity index (χ0v) is 25.4. The molecule has 1 saturated heterocycles. The summed E-state index contributed by atoms with van der Waals surface area (Å²) >= 11 is 0. The van der Waals surface area contributed by atoms with E-state index in [4.69, 9.17) is 11.5 Å². The molecule has 6 N–H and O–H groups in total. The van der Waals surface area contributed by atoms with Crippen molar-refractivity contribution in [2.75, 3.05) is 38.0 Å². The Bertz CT molecular complexity index is 1310. The molecule has 2 heterocycles. The van der Waals surface area contributed by atoms with E-state index in [9.17, 15) is 19.2 Å². The number of urea groups is 1. The molecule has 2 fully saturated rings. The van der Waals surface area contributed by atoms with Gasteiger partial charge in [-0.2, -0.15) is 4.98 Å². The average molecular weight is 596 g/mol. The van der Waals surface area contributed by atoms with Crippen molar-refractivity contribution in [2.24, 2.45) is 11.5 Å². The minimum absolute atomic E-state index is 0.152. The number of piperazine rings is 1. The topological polar surface area (TPSA) is 172 Å². The zero-order chi connectivity index (χ0) is 31.1. The molecule has 1 aliphatic heterocycles. The second-order valence-corrected chi connectivity index (χ2v) is 11.5. The van der Waals surface area contributed by atoms with Crippen molar-refractivity contribution in [1.82, 2.24) is 29.6 Å². The molecule has 2 atom stereocenters. The van der Waals surface area contributed by atoms with E-state index in [0.717, 1.165) is 38.8 Å². The molecule has 1 aromatic carbocycles. The lowest BCUT2D eigenvalue weighted by atomic mass is 9.90. The maximum absolute atomic E-state index is 12.8. The van der Waals surface area contributed by atoms with E-state index in [1.165, 1.54) is 10.1 Å². The number of anilines is 1. The second kappa shape index (κ2) is 14.6. The van der Waals surface area contributed by atoms with Crippen molar-refractivity contribution in [1.29, 1.82) is 0 Å². The molecule has 0 radical (unpaired) electrons. The third kappa shape index (κ3) is 8.39. The number of carbonyl (C=O) groups is 3. The molecular formula is C30H45N9O4. The van der Waals surface area contributed by atoms with Crippen molar-refractivity contribution >= 4 is 23.7 Å². The van der Waals surface area contributed by atoms with E-state index in [2.05, 4.69) is 27.4 Å². The Balaban J connectivity index is 1.29. The molecule has 1 aromatic heterocycles. The van der Waals surface area contributed by atoms with Crippen LogP contribution in [0, 0.1) is 0 Å². The van der Waals surface area contributed by atoms with Gasteiger partial charge in [-0.1, -0.05) is 19.1 Å². The van der Waals surface area contributed by atoms with E-state index in [1.54, 1.807) is 35.9 Å². The zero-order valence-electron chi connectivity index (χ0n) is 25.4. The van der Waals surface area contributed by atoms with Gasteiger partial charge in [-0.15, -0.1) is 0 Å². The number of hydrogen-bond acceptors (Lipinski definition) is 8. The first kappa shape index (κ1) is 32.1. The van der Waals surface area contributed by atoms with Gasteiger partial charge in [0, 0.05) is 51.0 Å². The van der Waals surface area contributed by atoms with E-state index in [-0.39, 0.29) is 11.7 Å². The van der Waals surface area contributed by atoms with Gasteiger partial charge in [0.25, 0.3) is 0 Å². The van der Waals surface area contributed by atoms with Crippen LogP contribution in [0.15, 0.2) is 41.3 Å². The van der Waals surface area contributed by atoms with Crippen LogP contribution >= 0.6 is 0 Å². The Labute approximate surface area is 252 Å². The van der Waals surface area contributed by atoms with Crippen LogP contribution in [-0.2, 0) is 16.1 Å². The van der Waals surface area contributed by atoms with Gasteiger partial charge in [0.15, 0.2) is 0 Å². The predicted octanol–water partition coefficient (Wildman–Crippen LogP) is 0.852. The molecule has 0 spiro atoms. The van der Waals surface area contributed by atoms with Gasteiger partial charge in [-0.3, -0.25) is 24.4 Å². The van der Waals surface area contributed by atoms with Crippen molar-refractivity contribution in [3.8, 4) is 5.69 Å². The standard InChI is InChI=1S/C30H45N9O4/c1-4-36(24-11-7-23(32)8-12-24)19-22-5-9-25(10-6-22)39-14-13-26(35-30(39)43)34-29(42)38-17-15-37(16-18-38)28(41)21(3)33-27(40)20(2)31/h5-6,9-10,13-14,20-21,23-24H,4,7-8,11-12,15-19,31-32H2,1-3H3,(H,33,40)(H,34,35,42,43)/t20-,21-,23?,24?/m1/s1. The lowest BCUT2D eigenvalue weighted by Crippen LogP contribution is -2.56. The number of benzene rings is 1. The molecule has 0 unspecified atom stereocenters. The molecule has 0 bridgehead atoms. The van der Waals surface area contributed by atoms with Crippen LogP contribution in [0.25, 0.3) is 5.69 Å². The molecule has 2 aromatic rings. The summed E-state index contributed by atoms with van der Waals surface area (Å²) in [5.74, 6) is -0.478. The molecule has 4 amide bonds. The summed E-state index contributed by atoms with van der Waals surface area (Å²) < 4.78 is 1.44. The minimum atomic E-state index is -0.710. The fraction of sp³-hybridized carbons (Fsp3) is 0.567. The lowest BCUT2D eigenvalue weighted by Gasteiger charge is -2.36.